The van der Waals surface area contributed by atoms with Gasteiger partial charge in [0.1, 0.15) is 22.9 Å². The number of rotatable bonds is 6. The normalized spacial score (nSPS) is 19.2. The fraction of sp³-hybridized carbons (Fsp3) is 0.500. The number of amides is 2. The van der Waals surface area contributed by atoms with E-state index < -0.39 is 11.2 Å². The van der Waals surface area contributed by atoms with Gasteiger partial charge in [-0.3, -0.25) is 9.80 Å². The lowest BCUT2D eigenvalue weighted by atomic mass is 10.1. The molecule has 2 saturated heterocycles. The number of carbonyl (C=O) groups is 2. The van der Waals surface area contributed by atoms with E-state index in [1.807, 2.05) is 53.7 Å². The van der Waals surface area contributed by atoms with Gasteiger partial charge >= 0.3 is 12.2 Å². The number of hydrogen-bond acceptors (Lipinski definition) is 6. The van der Waals surface area contributed by atoms with Crippen molar-refractivity contribution < 1.29 is 19.1 Å². The van der Waals surface area contributed by atoms with Crippen LogP contribution in [0.15, 0.2) is 48.6 Å². The Morgan fingerprint density at radius 3 is 1.54 bits per heavy atom. The average molecular weight is 627 g/mol. The lowest BCUT2D eigenvalue weighted by Gasteiger charge is -2.27. The van der Waals surface area contributed by atoms with Gasteiger partial charge in [0.05, 0.1) is 34.2 Å². The van der Waals surface area contributed by atoms with Crippen LogP contribution in [0.2, 0.25) is 0 Å². The predicted molar refractivity (Wildman–Crippen MR) is 179 cm³/mol. The van der Waals surface area contributed by atoms with Crippen molar-refractivity contribution in [2.75, 3.05) is 13.1 Å². The van der Waals surface area contributed by atoms with Crippen LogP contribution in [0.5, 0.6) is 0 Å². The molecule has 0 spiro atoms. The van der Waals surface area contributed by atoms with Crippen LogP contribution >= 0.6 is 0 Å². The number of aromatic nitrogens is 4. The third kappa shape index (κ3) is 7.21. The SMILES string of the molecule is CC(C)(C)OC(=O)N1CCC[C@@H]1c1nc2ccc(C/C=C/Cc3ccc4nc([C@H]5CCCN5C(=O)OC(C)(C)C)[nH]c4c3)cc2[nH]1. The Balaban J connectivity index is 1.07. The first-order chi connectivity index (χ1) is 21.8. The minimum atomic E-state index is -0.530. The van der Waals surface area contributed by atoms with E-state index in [0.29, 0.717) is 13.1 Å². The van der Waals surface area contributed by atoms with Gasteiger partial charge in [-0.15, -0.1) is 0 Å². The van der Waals surface area contributed by atoms with Crippen molar-refractivity contribution in [1.29, 1.82) is 0 Å². The lowest BCUT2D eigenvalue weighted by molar-refractivity contribution is 0.0208. The molecule has 2 N–H and O–H groups in total. The Hall–Kier alpha value is -4.34. The summed E-state index contributed by atoms with van der Waals surface area (Å²) in [5.41, 5.74) is 5.07. The average Bonchev–Trinajstić information content (AvgIpc) is 3.77. The van der Waals surface area contributed by atoms with Crippen molar-refractivity contribution in [3.05, 3.63) is 71.3 Å². The Kier molecular flexibility index (Phi) is 8.56. The van der Waals surface area contributed by atoms with E-state index in [-0.39, 0.29) is 24.3 Å². The number of fused-ring (bicyclic) bond motifs is 2. The van der Waals surface area contributed by atoms with E-state index >= 15 is 0 Å². The van der Waals surface area contributed by atoms with Crippen LogP contribution in [-0.4, -0.2) is 66.2 Å². The molecule has 2 aliphatic heterocycles. The predicted octanol–water partition coefficient (Wildman–Crippen LogP) is 7.92. The van der Waals surface area contributed by atoms with Crippen LogP contribution in [0.25, 0.3) is 22.1 Å². The molecule has 46 heavy (non-hydrogen) atoms. The highest BCUT2D eigenvalue weighted by Gasteiger charge is 2.36. The Morgan fingerprint density at radius 1 is 0.739 bits per heavy atom. The number of nitrogens with zero attached hydrogens (tertiary/aromatic N) is 4. The number of likely N-dealkylation sites (tertiary alicyclic amines) is 2. The molecule has 6 rings (SSSR count). The van der Waals surface area contributed by atoms with E-state index in [4.69, 9.17) is 19.4 Å². The Bertz CT molecular complexity index is 1630. The zero-order valence-electron chi connectivity index (χ0n) is 27.9. The molecule has 0 aliphatic carbocycles. The van der Waals surface area contributed by atoms with Gasteiger partial charge in [0.25, 0.3) is 0 Å². The number of carbonyl (C=O) groups excluding carboxylic acids is 2. The maximum Gasteiger partial charge on any atom is 0.410 e. The molecule has 2 amide bonds. The maximum absolute atomic E-state index is 12.8. The number of benzene rings is 2. The fourth-order valence-corrected chi connectivity index (χ4v) is 6.34. The summed E-state index contributed by atoms with van der Waals surface area (Å²) < 4.78 is 11.3. The van der Waals surface area contributed by atoms with Gasteiger partial charge < -0.3 is 19.4 Å². The molecule has 10 heteroatoms. The molecule has 2 fully saturated rings. The largest absolute Gasteiger partial charge is 0.444 e. The Morgan fingerprint density at radius 2 is 1.15 bits per heavy atom. The Labute approximate surface area is 270 Å². The summed E-state index contributed by atoms with van der Waals surface area (Å²) in [6.45, 7) is 12.7. The van der Waals surface area contributed by atoms with E-state index in [0.717, 1.165) is 72.2 Å². The number of hydrogen-bond donors (Lipinski definition) is 2. The maximum atomic E-state index is 12.8. The highest BCUT2D eigenvalue weighted by molar-refractivity contribution is 5.77. The molecule has 0 unspecified atom stereocenters. The van der Waals surface area contributed by atoms with Crippen LogP contribution in [-0.2, 0) is 22.3 Å². The van der Waals surface area contributed by atoms with Gasteiger partial charge in [-0.25, -0.2) is 19.6 Å². The molecule has 2 aromatic heterocycles. The first-order valence-corrected chi connectivity index (χ1v) is 16.4. The second-order valence-electron chi connectivity index (χ2n) is 14.5. The van der Waals surface area contributed by atoms with Gasteiger partial charge in [-0.05, 0) is 115 Å². The molecule has 2 aromatic carbocycles. The van der Waals surface area contributed by atoms with Crippen molar-refractivity contribution in [3.8, 4) is 0 Å². The first kappa shape index (κ1) is 31.6. The highest BCUT2D eigenvalue weighted by atomic mass is 16.6. The van der Waals surface area contributed by atoms with Gasteiger partial charge in [0.2, 0.25) is 0 Å². The van der Waals surface area contributed by atoms with Gasteiger partial charge in [-0.2, -0.15) is 0 Å². The zero-order chi connectivity index (χ0) is 32.6. The summed E-state index contributed by atoms with van der Waals surface area (Å²) in [5.74, 6) is 1.63. The van der Waals surface area contributed by atoms with Gasteiger partial charge in [-0.1, -0.05) is 24.3 Å². The van der Waals surface area contributed by atoms with E-state index in [2.05, 4.69) is 46.4 Å². The molecule has 244 valence electrons. The summed E-state index contributed by atoms with van der Waals surface area (Å²) in [7, 11) is 0. The summed E-state index contributed by atoms with van der Waals surface area (Å²) in [5, 5.41) is 0. The van der Waals surface area contributed by atoms with Crippen molar-refractivity contribution in [3.63, 3.8) is 0 Å². The molecule has 0 saturated carbocycles. The first-order valence-electron chi connectivity index (χ1n) is 16.4. The van der Waals surface area contributed by atoms with Crippen LogP contribution in [0.1, 0.15) is 102 Å². The van der Waals surface area contributed by atoms with Crippen LogP contribution < -0.4 is 0 Å². The minimum absolute atomic E-state index is 0.101. The fourth-order valence-electron chi connectivity index (χ4n) is 6.34. The molecule has 10 nitrogen and oxygen atoms in total. The zero-order valence-corrected chi connectivity index (χ0v) is 27.9. The quantitative estimate of drug-likeness (QED) is 0.210. The van der Waals surface area contributed by atoms with E-state index in [1.54, 1.807) is 9.80 Å². The van der Waals surface area contributed by atoms with E-state index in [1.165, 1.54) is 11.1 Å². The van der Waals surface area contributed by atoms with Crippen LogP contribution in [0, 0.1) is 0 Å². The molecule has 4 heterocycles. The smallest absolute Gasteiger partial charge is 0.410 e. The molecule has 4 aromatic rings. The van der Waals surface area contributed by atoms with Crippen molar-refractivity contribution in [2.24, 2.45) is 0 Å². The van der Waals surface area contributed by atoms with Crippen LogP contribution in [0.3, 0.4) is 0 Å². The van der Waals surface area contributed by atoms with Crippen molar-refractivity contribution in [1.82, 2.24) is 29.7 Å². The summed E-state index contributed by atoms with van der Waals surface area (Å²) in [6.07, 6.45) is 9.01. The highest BCUT2D eigenvalue weighted by Crippen LogP contribution is 2.34. The summed E-state index contributed by atoms with van der Waals surface area (Å²) in [4.78, 5) is 45.8. The number of ether oxygens (including phenoxy) is 2. The minimum Gasteiger partial charge on any atom is -0.444 e. The summed E-state index contributed by atoms with van der Waals surface area (Å²) in [6, 6.07) is 12.4. The summed E-state index contributed by atoms with van der Waals surface area (Å²) >= 11 is 0. The second-order valence-corrected chi connectivity index (χ2v) is 14.5. The molecule has 0 radical (unpaired) electrons. The number of aromatic amines is 2. The van der Waals surface area contributed by atoms with Gasteiger partial charge in [0, 0.05) is 13.1 Å². The molecule has 2 atom stereocenters. The number of H-pyrrole nitrogens is 2. The van der Waals surface area contributed by atoms with Crippen molar-refractivity contribution >= 4 is 34.3 Å². The lowest BCUT2D eigenvalue weighted by Crippen LogP contribution is -2.36. The third-order valence-corrected chi connectivity index (χ3v) is 8.40. The topological polar surface area (TPSA) is 116 Å². The number of allylic oxidation sites excluding steroid dienone is 2. The van der Waals surface area contributed by atoms with Gasteiger partial charge in [0.15, 0.2) is 0 Å². The second kappa shape index (κ2) is 12.5. The monoisotopic (exact) mass is 626 g/mol. The van der Waals surface area contributed by atoms with Crippen LogP contribution in [0.4, 0.5) is 9.59 Å². The number of nitrogens with one attached hydrogen (secondary N) is 2. The third-order valence-electron chi connectivity index (χ3n) is 8.40. The number of imidazole rings is 2. The standard InChI is InChI=1S/C36H46N6O4/c1-35(2,3)45-33(43)41-19-9-13-29(41)31-37-25-17-15-23(21-27(25)39-31)11-7-8-12-24-16-18-26-28(22-24)40-32(38-26)30-14-10-20-42(30)34(44)46-36(4,5)6/h7-8,15-18,21-22,29-30H,9-14,19-20H2,1-6H3,(H,37,39)(H,38,40)/b8-7+/t29-,30-/m1/s1. The van der Waals surface area contributed by atoms with Crippen molar-refractivity contribution in [2.45, 2.75) is 103 Å². The van der Waals surface area contributed by atoms with E-state index in [9.17, 15) is 9.59 Å². The molecule has 0 bridgehead atoms. The molecular formula is C36H46N6O4. The molecular weight excluding hydrogens is 580 g/mol. The molecule has 2 aliphatic rings.